The van der Waals surface area contributed by atoms with Gasteiger partial charge >= 0.3 is 0 Å². The molecule has 0 spiro atoms. The smallest absolute Gasteiger partial charge is 0.0761 e. The quantitative estimate of drug-likeness (QED) is 0.251. The maximum absolute atomic E-state index is 3.62. The van der Waals surface area contributed by atoms with Gasteiger partial charge in [0, 0.05) is 0 Å². The van der Waals surface area contributed by atoms with Crippen LogP contribution in [0.5, 0.6) is 0 Å². The first-order valence-electron chi connectivity index (χ1n) is 7.13. The van der Waals surface area contributed by atoms with Crippen LogP contribution in [0.1, 0.15) is 0 Å². The topological polar surface area (TPSA) is 31.6 Å². The second kappa shape index (κ2) is 4.60. The van der Waals surface area contributed by atoms with E-state index in [1.54, 1.807) is 0 Å². The number of nitrogens with one attached hydrogen (secondary N) is 2. The van der Waals surface area contributed by atoms with Crippen molar-refractivity contribution < 1.29 is 0 Å². The van der Waals surface area contributed by atoms with Crippen LogP contribution in [0.3, 0.4) is 0 Å². The summed E-state index contributed by atoms with van der Waals surface area (Å²) in [4.78, 5) is 7.16. The molecule has 0 fully saturated rings. The summed E-state index contributed by atoms with van der Waals surface area (Å²) in [6.45, 7) is 0. The summed E-state index contributed by atoms with van der Waals surface area (Å²) in [6.07, 6.45) is 0. The van der Waals surface area contributed by atoms with Crippen molar-refractivity contribution in [3.05, 3.63) is 60.7 Å². The van der Waals surface area contributed by atoms with E-state index in [0.29, 0.717) is 0 Å². The number of H-pyrrole nitrogens is 2. The molecule has 0 aliphatic rings. The highest BCUT2D eigenvalue weighted by Crippen LogP contribution is 2.34. The molecule has 2 aromatic heterocycles. The lowest BCUT2D eigenvalue weighted by atomic mass is 10.3. The van der Waals surface area contributed by atoms with Crippen molar-refractivity contribution in [2.45, 2.75) is 0 Å². The van der Waals surface area contributed by atoms with Crippen molar-refractivity contribution in [3.63, 3.8) is 0 Å². The van der Waals surface area contributed by atoms with Crippen LogP contribution in [0, 0.1) is 0 Å². The van der Waals surface area contributed by atoms with Crippen LogP contribution in [-0.4, -0.2) is 9.97 Å². The van der Waals surface area contributed by atoms with Gasteiger partial charge < -0.3 is 9.97 Å². The predicted octanol–water partition coefficient (Wildman–Crippen LogP) is 6.20. The fourth-order valence-electron chi connectivity index (χ4n) is 2.80. The Bertz CT molecular complexity index is 1090. The third-order valence-corrected chi connectivity index (χ3v) is 6.19. The van der Waals surface area contributed by atoms with Crippen LogP contribution in [0.25, 0.3) is 40.9 Å². The number of rotatable bonds is 0. The van der Waals surface area contributed by atoms with E-state index in [9.17, 15) is 0 Å². The van der Waals surface area contributed by atoms with Crippen molar-refractivity contribution in [1.82, 2.24) is 9.97 Å². The van der Waals surface area contributed by atoms with Crippen molar-refractivity contribution >= 4 is 63.5 Å². The Morgan fingerprint density at radius 2 is 1.23 bits per heavy atom. The van der Waals surface area contributed by atoms with Gasteiger partial charge in [-0.2, -0.15) is 0 Å². The summed E-state index contributed by atoms with van der Waals surface area (Å²) in [6, 6.07) is 21.3. The SMILES string of the molecule is c1ccc2sc3ccc4[nH]c5ccccc5sc4c3[nH]c2c1. The summed E-state index contributed by atoms with van der Waals surface area (Å²) >= 11 is 3.67. The van der Waals surface area contributed by atoms with Crippen LogP contribution in [0.15, 0.2) is 60.7 Å². The monoisotopic (exact) mass is 320 g/mol. The third kappa shape index (κ3) is 1.78. The van der Waals surface area contributed by atoms with E-state index in [1.165, 1.54) is 40.9 Å². The van der Waals surface area contributed by atoms with E-state index in [2.05, 4.69) is 70.6 Å². The largest absolute Gasteiger partial charge is 0.353 e. The molecule has 2 N–H and O–H groups in total. The zero-order valence-corrected chi connectivity index (χ0v) is 13.2. The van der Waals surface area contributed by atoms with E-state index >= 15 is 0 Å². The third-order valence-electron chi connectivity index (χ3n) is 3.85. The second-order valence-corrected chi connectivity index (χ2v) is 7.40. The molecule has 5 rings (SSSR count). The van der Waals surface area contributed by atoms with Gasteiger partial charge in [-0.3, -0.25) is 0 Å². The van der Waals surface area contributed by atoms with Gasteiger partial charge in [0.15, 0.2) is 0 Å². The van der Waals surface area contributed by atoms with Crippen molar-refractivity contribution in [1.29, 1.82) is 0 Å². The summed E-state index contributed by atoms with van der Waals surface area (Å²) in [5.74, 6) is 0. The molecule has 3 aromatic carbocycles. The van der Waals surface area contributed by atoms with E-state index in [1.807, 2.05) is 22.7 Å². The molecule has 0 bridgehead atoms. The lowest BCUT2D eigenvalue weighted by Gasteiger charge is -2.07. The van der Waals surface area contributed by atoms with E-state index in [0.717, 1.165) is 0 Å². The Morgan fingerprint density at radius 3 is 2.05 bits per heavy atom. The van der Waals surface area contributed by atoms with Gasteiger partial charge in [-0.05, 0) is 36.4 Å². The number of para-hydroxylation sites is 2. The summed E-state index contributed by atoms with van der Waals surface area (Å²) in [7, 11) is 0. The fraction of sp³-hybridized carbons (Fsp3) is 0. The molecule has 0 unspecified atom stereocenters. The summed E-state index contributed by atoms with van der Waals surface area (Å²) in [5, 5.41) is 0. The standard InChI is InChI=1S/C18H12N2S2/c1-4-8-15-11(5-1)19-13-9-10-16-17(18(13)22-15)20-12-6-2-3-7-14(12)21-16/h1-10,19-20H. The molecule has 5 aromatic rings. The molecule has 0 aliphatic heterocycles. The predicted molar refractivity (Wildman–Crippen MR) is 98.5 cm³/mol. The van der Waals surface area contributed by atoms with E-state index in [-0.39, 0.29) is 0 Å². The Hall–Kier alpha value is -2.30. The van der Waals surface area contributed by atoms with Gasteiger partial charge in [-0.1, -0.05) is 24.3 Å². The fourth-order valence-corrected chi connectivity index (χ4v) is 4.95. The average Bonchev–Trinajstić information content (AvgIpc) is 2.58. The zero-order valence-electron chi connectivity index (χ0n) is 11.6. The minimum absolute atomic E-state index is 1.18. The number of benzene rings is 3. The molecule has 0 saturated carbocycles. The first kappa shape index (κ1) is 12.3. The molecule has 2 heterocycles. The number of fused-ring (bicyclic) bond motifs is 5. The Balaban J connectivity index is 2.00. The molecule has 106 valence electrons. The lowest BCUT2D eigenvalue weighted by Crippen LogP contribution is -1.84. The number of aromatic nitrogens is 2. The molecular formula is C18H12N2S2. The normalized spacial score (nSPS) is 11.6. The zero-order chi connectivity index (χ0) is 14.5. The van der Waals surface area contributed by atoms with Gasteiger partial charge in [-0.15, -0.1) is 22.7 Å². The van der Waals surface area contributed by atoms with Crippen molar-refractivity contribution in [2.75, 3.05) is 0 Å². The van der Waals surface area contributed by atoms with Crippen molar-refractivity contribution in [2.24, 2.45) is 0 Å². The van der Waals surface area contributed by atoms with Crippen LogP contribution in [-0.2, 0) is 0 Å². The van der Waals surface area contributed by atoms with Gasteiger partial charge in [0.05, 0.1) is 40.9 Å². The van der Waals surface area contributed by atoms with E-state index in [4.69, 9.17) is 0 Å². The van der Waals surface area contributed by atoms with Gasteiger partial charge in [0.1, 0.15) is 0 Å². The van der Waals surface area contributed by atoms with Gasteiger partial charge in [-0.25, -0.2) is 0 Å². The minimum atomic E-state index is 1.18. The lowest BCUT2D eigenvalue weighted by molar-refractivity contribution is 1.51. The highest BCUT2D eigenvalue weighted by atomic mass is 32.1. The Morgan fingerprint density at radius 1 is 0.545 bits per heavy atom. The maximum atomic E-state index is 3.62. The highest BCUT2D eigenvalue weighted by molar-refractivity contribution is 7.27. The molecule has 4 heteroatoms. The molecule has 0 atom stereocenters. The van der Waals surface area contributed by atoms with Crippen LogP contribution in [0.4, 0.5) is 0 Å². The molecule has 0 saturated heterocycles. The molecule has 0 radical (unpaired) electrons. The molecule has 2 nitrogen and oxygen atoms in total. The van der Waals surface area contributed by atoms with Crippen LogP contribution < -0.4 is 0 Å². The molecule has 22 heavy (non-hydrogen) atoms. The second-order valence-electron chi connectivity index (χ2n) is 5.26. The minimum Gasteiger partial charge on any atom is -0.353 e. The summed E-state index contributed by atoms with van der Waals surface area (Å²) in [5.41, 5.74) is 4.76. The average molecular weight is 320 g/mol. The van der Waals surface area contributed by atoms with Gasteiger partial charge in [0.2, 0.25) is 0 Å². The maximum Gasteiger partial charge on any atom is 0.0761 e. The van der Waals surface area contributed by atoms with E-state index < -0.39 is 0 Å². The number of hydrogen-bond acceptors (Lipinski definition) is 2. The number of hydrogen-bond donors (Lipinski definition) is 2. The first-order chi connectivity index (χ1) is 10.9. The van der Waals surface area contributed by atoms with Crippen LogP contribution >= 0.6 is 22.7 Å². The molecule has 0 aliphatic carbocycles. The molecule has 0 amide bonds. The van der Waals surface area contributed by atoms with Crippen LogP contribution in [0.2, 0.25) is 0 Å². The van der Waals surface area contributed by atoms with Gasteiger partial charge in [0.25, 0.3) is 0 Å². The Kier molecular flexibility index (Phi) is 2.56. The summed E-state index contributed by atoms with van der Waals surface area (Å²) < 4.78 is 5.11. The highest BCUT2D eigenvalue weighted by Gasteiger charge is 2.06. The first-order valence-corrected chi connectivity index (χ1v) is 8.76. The number of aromatic amines is 2. The molecular weight excluding hydrogens is 308 g/mol. The van der Waals surface area contributed by atoms with Crippen molar-refractivity contribution in [3.8, 4) is 0 Å². The Labute approximate surface area is 134 Å².